The third kappa shape index (κ3) is 3.99. The first-order chi connectivity index (χ1) is 8.55. The summed E-state index contributed by atoms with van der Waals surface area (Å²) in [5, 5.41) is 0. The van der Waals surface area contributed by atoms with Crippen LogP contribution in [0.1, 0.15) is 12.0 Å². The van der Waals surface area contributed by atoms with Gasteiger partial charge in [0, 0.05) is 18.8 Å². The summed E-state index contributed by atoms with van der Waals surface area (Å²) in [4.78, 5) is 2.23. The van der Waals surface area contributed by atoms with E-state index in [0.29, 0.717) is 24.6 Å². The number of hydrogen-bond acceptors (Lipinski definition) is 4. The maximum absolute atomic E-state index is 11.3. The molecule has 1 saturated heterocycles. The van der Waals surface area contributed by atoms with E-state index in [1.807, 2.05) is 12.1 Å². The van der Waals surface area contributed by atoms with Crippen LogP contribution >= 0.6 is 0 Å². The molecule has 0 saturated carbocycles. The standard InChI is InChI=1S/C13H20N2O2S/c14-13-5-3-12(4-6-13)2-1-7-15-8-10-18(16,17)11-9-15/h3-6H,1-2,7-11,14H2. The second-order valence-corrected chi connectivity index (χ2v) is 7.14. The minimum absolute atomic E-state index is 0.314. The molecular formula is C13H20N2O2S. The molecule has 0 bridgehead atoms. The van der Waals surface area contributed by atoms with Crippen molar-refractivity contribution in [3.63, 3.8) is 0 Å². The van der Waals surface area contributed by atoms with Crippen molar-refractivity contribution in [2.45, 2.75) is 12.8 Å². The van der Waals surface area contributed by atoms with E-state index in [4.69, 9.17) is 5.73 Å². The average Bonchev–Trinajstić information content (AvgIpc) is 2.34. The first kappa shape index (κ1) is 13.4. The Morgan fingerprint density at radius 2 is 1.72 bits per heavy atom. The van der Waals surface area contributed by atoms with Gasteiger partial charge in [0.15, 0.2) is 9.84 Å². The molecule has 100 valence electrons. The summed E-state index contributed by atoms with van der Waals surface area (Å²) in [6, 6.07) is 7.94. The van der Waals surface area contributed by atoms with Gasteiger partial charge < -0.3 is 10.6 Å². The molecule has 1 aliphatic rings. The summed E-state index contributed by atoms with van der Waals surface area (Å²) in [6.45, 7) is 2.34. The van der Waals surface area contributed by atoms with Crippen molar-refractivity contribution >= 4 is 15.5 Å². The van der Waals surface area contributed by atoms with Gasteiger partial charge in [-0.1, -0.05) is 12.1 Å². The number of aryl methyl sites for hydroxylation is 1. The molecule has 0 spiro atoms. The van der Waals surface area contributed by atoms with Gasteiger partial charge in [-0.15, -0.1) is 0 Å². The molecule has 1 fully saturated rings. The van der Waals surface area contributed by atoms with Crippen molar-refractivity contribution in [1.82, 2.24) is 4.90 Å². The fraction of sp³-hybridized carbons (Fsp3) is 0.538. The van der Waals surface area contributed by atoms with Gasteiger partial charge in [-0.25, -0.2) is 8.42 Å². The van der Waals surface area contributed by atoms with E-state index < -0.39 is 9.84 Å². The van der Waals surface area contributed by atoms with E-state index in [1.54, 1.807) is 0 Å². The zero-order valence-electron chi connectivity index (χ0n) is 10.5. The second-order valence-electron chi connectivity index (χ2n) is 4.84. The molecule has 0 atom stereocenters. The molecule has 5 heteroatoms. The molecule has 4 nitrogen and oxygen atoms in total. The van der Waals surface area contributed by atoms with Gasteiger partial charge in [-0.05, 0) is 37.1 Å². The molecule has 0 unspecified atom stereocenters. The lowest BCUT2D eigenvalue weighted by atomic mass is 10.1. The number of anilines is 1. The molecule has 2 N–H and O–H groups in total. The minimum Gasteiger partial charge on any atom is -0.399 e. The first-order valence-electron chi connectivity index (χ1n) is 6.32. The Bertz CT molecular complexity index is 468. The van der Waals surface area contributed by atoms with Crippen molar-refractivity contribution in [1.29, 1.82) is 0 Å². The maximum Gasteiger partial charge on any atom is 0.152 e. The van der Waals surface area contributed by atoms with Crippen molar-refractivity contribution in [3.8, 4) is 0 Å². The van der Waals surface area contributed by atoms with Crippen LogP contribution in [0.4, 0.5) is 5.69 Å². The Hall–Kier alpha value is -1.07. The van der Waals surface area contributed by atoms with Crippen molar-refractivity contribution in [2.75, 3.05) is 36.9 Å². The number of benzene rings is 1. The molecule has 1 aliphatic heterocycles. The van der Waals surface area contributed by atoms with Crippen LogP contribution in [0.2, 0.25) is 0 Å². The highest BCUT2D eigenvalue weighted by atomic mass is 32.2. The van der Waals surface area contributed by atoms with E-state index in [9.17, 15) is 8.42 Å². The summed E-state index contributed by atoms with van der Waals surface area (Å²) in [5.74, 6) is 0.629. The Labute approximate surface area is 109 Å². The Kier molecular flexibility index (Phi) is 4.24. The largest absolute Gasteiger partial charge is 0.399 e. The predicted octanol–water partition coefficient (Wildman–Crippen LogP) is 0.932. The number of nitrogen functional groups attached to an aromatic ring is 1. The third-order valence-electron chi connectivity index (χ3n) is 3.36. The van der Waals surface area contributed by atoms with Crippen LogP contribution in [0.15, 0.2) is 24.3 Å². The van der Waals surface area contributed by atoms with E-state index in [1.165, 1.54) is 5.56 Å². The molecule has 1 aromatic carbocycles. The van der Waals surface area contributed by atoms with Gasteiger partial charge in [-0.2, -0.15) is 0 Å². The Morgan fingerprint density at radius 1 is 1.11 bits per heavy atom. The number of rotatable bonds is 4. The van der Waals surface area contributed by atoms with Gasteiger partial charge in [0.1, 0.15) is 0 Å². The molecular weight excluding hydrogens is 248 g/mol. The van der Waals surface area contributed by atoms with Crippen molar-refractivity contribution in [2.24, 2.45) is 0 Å². The Morgan fingerprint density at radius 3 is 2.33 bits per heavy atom. The number of nitrogens with zero attached hydrogens (tertiary/aromatic N) is 1. The monoisotopic (exact) mass is 268 g/mol. The molecule has 18 heavy (non-hydrogen) atoms. The molecule has 0 amide bonds. The average molecular weight is 268 g/mol. The van der Waals surface area contributed by atoms with E-state index in [0.717, 1.165) is 25.1 Å². The van der Waals surface area contributed by atoms with Gasteiger partial charge >= 0.3 is 0 Å². The summed E-state index contributed by atoms with van der Waals surface area (Å²) in [6.07, 6.45) is 2.08. The van der Waals surface area contributed by atoms with Gasteiger partial charge in [-0.3, -0.25) is 0 Å². The fourth-order valence-electron chi connectivity index (χ4n) is 2.16. The summed E-state index contributed by atoms with van der Waals surface area (Å²) < 4.78 is 22.6. The fourth-order valence-corrected chi connectivity index (χ4v) is 3.44. The van der Waals surface area contributed by atoms with Gasteiger partial charge in [0.25, 0.3) is 0 Å². The molecule has 1 aromatic rings. The highest BCUT2D eigenvalue weighted by Gasteiger charge is 2.20. The van der Waals surface area contributed by atoms with Gasteiger partial charge in [0.05, 0.1) is 11.5 Å². The summed E-state index contributed by atoms with van der Waals surface area (Å²) in [7, 11) is -2.75. The van der Waals surface area contributed by atoms with Gasteiger partial charge in [0.2, 0.25) is 0 Å². The first-order valence-corrected chi connectivity index (χ1v) is 8.14. The smallest absolute Gasteiger partial charge is 0.152 e. The van der Waals surface area contributed by atoms with Crippen LogP contribution in [-0.4, -0.2) is 44.5 Å². The molecule has 0 aromatic heterocycles. The van der Waals surface area contributed by atoms with E-state index >= 15 is 0 Å². The zero-order valence-corrected chi connectivity index (χ0v) is 11.3. The molecule has 0 aliphatic carbocycles. The second kappa shape index (κ2) is 5.71. The van der Waals surface area contributed by atoms with Crippen LogP contribution in [0.3, 0.4) is 0 Å². The number of sulfone groups is 1. The Balaban J connectivity index is 1.71. The quantitative estimate of drug-likeness (QED) is 0.825. The molecule has 0 radical (unpaired) electrons. The summed E-state index contributed by atoms with van der Waals surface area (Å²) in [5.41, 5.74) is 7.71. The SMILES string of the molecule is Nc1ccc(CCCN2CCS(=O)(=O)CC2)cc1. The van der Waals surface area contributed by atoms with Crippen LogP contribution in [-0.2, 0) is 16.3 Å². The number of hydrogen-bond donors (Lipinski definition) is 1. The van der Waals surface area contributed by atoms with Crippen LogP contribution in [0.5, 0.6) is 0 Å². The lowest BCUT2D eigenvalue weighted by Gasteiger charge is -2.26. The lowest BCUT2D eigenvalue weighted by molar-refractivity contribution is 0.292. The highest BCUT2D eigenvalue weighted by Crippen LogP contribution is 2.09. The topological polar surface area (TPSA) is 63.4 Å². The van der Waals surface area contributed by atoms with Crippen LogP contribution in [0, 0.1) is 0 Å². The van der Waals surface area contributed by atoms with E-state index in [-0.39, 0.29) is 0 Å². The predicted molar refractivity (Wildman–Crippen MR) is 74.3 cm³/mol. The summed E-state index contributed by atoms with van der Waals surface area (Å²) >= 11 is 0. The van der Waals surface area contributed by atoms with Crippen molar-refractivity contribution in [3.05, 3.63) is 29.8 Å². The van der Waals surface area contributed by atoms with Crippen LogP contribution < -0.4 is 5.73 Å². The minimum atomic E-state index is -2.75. The normalized spacial score (nSPS) is 19.8. The molecule has 1 heterocycles. The molecule has 2 rings (SSSR count). The number of nitrogens with two attached hydrogens (primary N) is 1. The van der Waals surface area contributed by atoms with E-state index in [2.05, 4.69) is 17.0 Å². The van der Waals surface area contributed by atoms with Crippen molar-refractivity contribution < 1.29 is 8.42 Å². The lowest BCUT2D eigenvalue weighted by Crippen LogP contribution is -2.40. The third-order valence-corrected chi connectivity index (χ3v) is 4.97. The highest BCUT2D eigenvalue weighted by molar-refractivity contribution is 7.91. The maximum atomic E-state index is 11.3. The van der Waals surface area contributed by atoms with Crippen LogP contribution in [0.25, 0.3) is 0 Å². The zero-order chi connectivity index (χ0) is 13.0.